The van der Waals surface area contributed by atoms with Gasteiger partial charge in [-0.05, 0) is 43.2 Å². The summed E-state index contributed by atoms with van der Waals surface area (Å²) in [6, 6.07) is 6.83. The molecule has 0 aliphatic carbocycles. The molecule has 0 atom stereocenters. The van der Waals surface area contributed by atoms with Gasteiger partial charge in [0.05, 0.1) is 28.1 Å². The number of carbonyl (C=O) groups is 1. The Morgan fingerprint density at radius 1 is 1.11 bits per heavy atom. The van der Waals surface area contributed by atoms with Gasteiger partial charge in [-0.25, -0.2) is 4.98 Å². The SMILES string of the molecule is O=C(Nc1cc(C(F)(F)F)ccc1N1CCN(Cc2cscn2)CC1)c1ccc(C2CCOCC2)o1. The van der Waals surface area contributed by atoms with Gasteiger partial charge in [-0.15, -0.1) is 11.3 Å². The van der Waals surface area contributed by atoms with Crippen LogP contribution in [-0.4, -0.2) is 55.2 Å². The molecule has 192 valence electrons. The second-order valence-corrected chi connectivity index (χ2v) is 9.73. The highest BCUT2D eigenvalue weighted by Gasteiger charge is 2.32. The molecule has 4 heterocycles. The fraction of sp³-hybridized carbons (Fsp3) is 0.440. The van der Waals surface area contributed by atoms with Crippen LogP contribution >= 0.6 is 11.3 Å². The maximum Gasteiger partial charge on any atom is 0.416 e. The summed E-state index contributed by atoms with van der Waals surface area (Å²) in [5.41, 5.74) is 2.67. The third-order valence-corrected chi connectivity index (χ3v) is 7.26. The Morgan fingerprint density at radius 3 is 2.58 bits per heavy atom. The van der Waals surface area contributed by atoms with E-state index in [2.05, 4.69) is 15.2 Å². The Balaban J connectivity index is 1.32. The van der Waals surface area contributed by atoms with Crippen LogP contribution in [0.1, 0.15) is 46.3 Å². The molecule has 3 aromatic rings. The first-order valence-corrected chi connectivity index (χ1v) is 12.9. The molecule has 0 spiro atoms. The van der Waals surface area contributed by atoms with Crippen molar-refractivity contribution in [3.63, 3.8) is 0 Å². The topological polar surface area (TPSA) is 70.8 Å². The molecule has 1 amide bonds. The number of piperazine rings is 1. The van der Waals surface area contributed by atoms with E-state index >= 15 is 0 Å². The lowest BCUT2D eigenvalue weighted by atomic mass is 9.98. The molecule has 11 heteroatoms. The number of hydrogen-bond donors (Lipinski definition) is 1. The predicted molar refractivity (Wildman–Crippen MR) is 131 cm³/mol. The van der Waals surface area contributed by atoms with Gasteiger partial charge < -0.3 is 19.4 Å². The molecule has 5 rings (SSSR count). The zero-order chi connectivity index (χ0) is 25.1. The third-order valence-electron chi connectivity index (χ3n) is 6.63. The summed E-state index contributed by atoms with van der Waals surface area (Å²) in [6.07, 6.45) is -2.91. The summed E-state index contributed by atoms with van der Waals surface area (Å²) in [7, 11) is 0. The van der Waals surface area contributed by atoms with E-state index in [0.717, 1.165) is 50.3 Å². The van der Waals surface area contributed by atoms with Gasteiger partial charge in [0, 0.05) is 57.2 Å². The lowest BCUT2D eigenvalue weighted by molar-refractivity contribution is -0.137. The Hall–Kier alpha value is -2.89. The van der Waals surface area contributed by atoms with Crippen molar-refractivity contribution in [2.45, 2.75) is 31.5 Å². The van der Waals surface area contributed by atoms with Crippen LogP contribution in [0.5, 0.6) is 0 Å². The Bertz CT molecular complexity index is 1170. The maximum absolute atomic E-state index is 13.5. The molecule has 1 N–H and O–H groups in total. The summed E-state index contributed by atoms with van der Waals surface area (Å²) < 4.78 is 51.6. The quantitative estimate of drug-likeness (QED) is 0.481. The largest absolute Gasteiger partial charge is 0.456 e. The van der Waals surface area contributed by atoms with Crippen molar-refractivity contribution in [1.82, 2.24) is 9.88 Å². The summed E-state index contributed by atoms with van der Waals surface area (Å²) in [5.74, 6) is 0.373. The standard InChI is InChI=1S/C25H27F3N4O3S/c26-25(27,28)18-1-2-21(32-9-7-31(8-10-32)14-19-15-36-16-29-19)20(13-18)30-24(33)23-4-3-22(35-23)17-5-11-34-12-6-17/h1-4,13,15-17H,5-12,14H2,(H,30,33). The molecule has 1 aromatic carbocycles. The second-order valence-electron chi connectivity index (χ2n) is 9.02. The highest BCUT2D eigenvalue weighted by Crippen LogP contribution is 2.36. The molecule has 2 aromatic heterocycles. The number of amides is 1. The van der Waals surface area contributed by atoms with Crippen LogP contribution in [-0.2, 0) is 17.5 Å². The van der Waals surface area contributed by atoms with Crippen LogP contribution in [0.25, 0.3) is 0 Å². The zero-order valence-corrected chi connectivity index (χ0v) is 20.4. The molecule has 0 bridgehead atoms. The van der Waals surface area contributed by atoms with Crippen molar-refractivity contribution in [3.8, 4) is 0 Å². The monoisotopic (exact) mass is 520 g/mol. The zero-order valence-electron chi connectivity index (χ0n) is 19.6. The molecule has 2 aliphatic heterocycles. The van der Waals surface area contributed by atoms with E-state index in [1.165, 1.54) is 6.07 Å². The average Bonchev–Trinajstić information content (AvgIpc) is 3.57. The molecule has 0 radical (unpaired) electrons. The first-order valence-electron chi connectivity index (χ1n) is 11.9. The fourth-order valence-electron chi connectivity index (χ4n) is 4.64. The van der Waals surface area contributed by atoms with Gasteiger partial charge in [0.2, 0.25) is 0 Å². The van der Waals surface area contributed by atoms with Crippen molar-refractivity contribution < 1.29 is 27.1 Å². The van der Waals surface area contributed by atoms with Gasteiger partial charge in [-0.3, -0.25) is 9.69 Å². The first kappa shape index (κ1) is 24.8. The van der Waals surface area contributed by atoms with Crippen LogP contribution in [0.3, 0.4) is 0 Å². The van der Waals surface area contributed by atoms with Crippen LogP contribution < -0.4 is 10.2 Å². The van der Waals surface area contributed by atoms with Crippen LogP contribution in [0, 0.1) is 0 Å². The Kier molecular flexibility index (Phi) is 7.31. The van der Waals surface area contributed by atoms with E-state index in [0.29, 0.717) is 37.8 Å². The predicted octanol–water partition coefficient (Wildman–Crippen LogP) is 5.22. The van der Waals surface area contributed by atoms with E-state index < -0.39 is 17.6 Å². The smallest absolute Gasteiger partial charge is 0.416 e. The first-order chi connectivity index (χ1) is 17.4. The molecule has 2 aliphatic rings. The normalized spacial score (nSPS) is 17.9. The number of aromatic nitrogens is 1. The van der Waals surface area contributed by atoms with Gasteiger partial charge in [0.15, 0.2) is 5.76 Å². The van der Waals surface area contributed by atoms with E-state index in [9.17, 15) is 18.0 Å². The summed E-state index contributed by atoms with van der Waals surface area (Å²) >= 11 is 1.55. The molecule has 2 fully saturated rings. The number of alkyl halides is 3. The number of anilines is 2. The number of ether oxygens (including phenoxy) is 1. The van der Waals surface area contributed by atoms with Gasteiger partial charge in [0.25, 0.3) is 5.91 Å². The third kappa shape index (κ3) is 5.74. The molecular weight excluding hydrogens is 493 g/mol. The summed E-state index contributed by atoms with van der Waals surface area (Å²) in [4.78, 5) is 21.6. The number of benzene rings is 1. The number of nitrogens with zero attached hydrogens (tertiary/aromatic N) is 3. The summed E-state index contributed by atoms with van der Waals surface area (Å²) in [5, 5.41) is 4.69. The van der Waals surface area contributed by atoms with Gasteiger partial charge in [-0.1, -0.05) is 0 Å². The summed E-state index contributed by atoms with van der Waals surface area (Å²) in [6.45, 7) is 4.72. The Labute approximate surface area is 210 Å². The van der Waals surface area contributed by atoms with Crippen molar-refractivity contribution in [2.75, 3.05) is 49.6 Å². The number of rotatable bonds is 6. The maximum atomic E-state index is 13.5. The molecule has 36 heavy (non-hydrogen) atoms. The average molecular weight is 521 g/mol. The number of hydrogen-bond acceptors (Lipinski definition) is 7. The van der Waals surface area contributed by atoms with Crippen molar-refractivity contribution in [3.05, 3.63) is 64.0 Å². The van der Waals surface area contributed by atoms with Gasteiger partial charge >= 0.3 is 6.18 Å². The molecule has 0 unspecified atom stereocenters. The minimum Gasteiger partial charge on any atom is -0.456 e. The van der Waals surface area contributed by atoms with Gasteiger partial charge in [-0.2, -0.15) is 13.2 Å². The minimum absolute atomic E-state index is 0.0768. The van der Waals surface area contributed by atoms with Crippen LogP contribution in [0.2, 0.25) is 0 Å². The molecule has 0 saturated carbocycles. The van der Waals surface area contributed by atoms with E-state index in [-0.39, 0.29) is 17.4 Å². The highest BCUT2D eigenvalue weighted by atomic mass is 32.1. The lowest BCUT2D eigenvalue weighted by Crippen LogP contribution is -2.46. The number of furan rings is 1. The lowest BCUT2D eigenvalue weighted by Gasteiger charge is -2.36. The van der Waals surface area contributed by atoms with E-state index in [1.54, 1.807) is 29.0 Å². The van der Waals surface area contributed by atoms with Crippen molar-refractivity contribution in [2.24, 2.45) is 0 Å². The highest BCUT2D eigenvalue weighted by molar-refractivity contribution is 7.07. The molecule has 7 nitrogen and oxygen atoms in total. The minimum atomic E-state index is -4.52. The molecule has 2 saturated heterocycles. The van der Waals surface area contributed by atoms with Crippen LogP contribution in [0.4, 0.5) is 24.5 Å². The van der Waals surface area contributed by atoms with Crippen molar-refractivity contribution in [1.29, 1.82) is 0 Å². The number of carbonyl (C=O) groups excluding carboxylic acids is 1. The van der Waals surface area contributed by atoms with Gasteiger partial charge in [0.1, 0.15) is 5.76 Å². The Morgan fingerprint density at radius 2 is 1.89 bits per heavy atom. The number of nitrogens with one attached hydrogen (secondary N) is 1. The molecular formula is C25H27F3N4O3S. The number of halogens is 3. The second kappa shape index (κ2) is 10.6. The fourth-order valence-corrected chi connectivity index (χ4v) is 5.19. The van der Waals surface area contributed by atoms with Crippen molar-refractivity contribution >= 4 is 28.6 Å². The number of thiazole rings is 1. The van der Waals surface area contributed by atoms with Crippen LogP contribution in [0.15, 0.2) is 45.6 Å². The van der Waals surface area contributed by atoms with E-state index in [1.807, 2.05) is 10.3 Å². The van der Waals surface area contributed by atoms with E-state index in [4.69, 9.17) is 9.15 Å².